The minimum absolute atomic E-state index is 0.00650. The summed E-state index contributed by atoms with van der Waals surface area (Å²) in [5.41, 5.74) is 2.65. The molecule has 0 radical (unpaired) electrons. The first kappa shape index (κ1) is 27.7. The van der Waals surface area contributed by atoms with Gasteiger partial charge in [0.1, 0.15) is 11.4 Å². The summed E-state index contributed by atoms with van der Waals surface area (Å²) in [5.74, 6) is 0.358. The highest BCUT2D eigenvalue weighted by atomic mass is 16.7. The topological polar surface area (TPSA) is 109 Å². The predicted octanol–water partition coefficient (Wildman–Crippen LogP) is 4.09. The molecule has 0 saturated heterocycles. The molecule has 0 spiro atoms. The fourth-order valence-electron chi connectivity index (χ4n) is 4.64. The summed E-state index contributed by atoms with van der Waals surface area (Å²) in [6, 6.07) is 12.9. The number of fused-ring (bicyclic) bond motifs is 1. The molecule has 2 amide bonds. The summed E-state index contributed by atoms with van der Waals surface area (Å²) in [6.45, 7) is 5.78. The number of nitrogens with one attached hydrogen (secondary N) is 2. The van der Waals surface area contributed by atoms with Gasteiger partial charge in [-0.1, -0.05) is 12.1 Å². The molecule has 2 aliphatic rings. The molecule has 206 valence electrons. The van der Waals surface area contributed by atoms with Gasteiger partial charge in [-0.15, -0.1) is 0 Å². The molecule has 1 fully saturated rings. The molecule has 9 heteroatoms. The molecule has 9 nitrogen and oxygen atoms in total. The number of hydrogen-bond acceptors (Lipinski definition) is 7. The Hall–Kier alpha value is -3.30. The number of rotatable bonds is 9. The van der Waals surface area contributed by atoms with Crippen molar-refractivity contribution in [3.05, 3.63) is 59.2 Å². The Morgan fingerprint density at radius 3 is 2.61 bits per heavy atom. The van der Waals surface area contributed by atoms with Gasteiger partial charge in [-0.05, 0) is 87.9 Å². The third kappa shape index (κ3) is 7.17. The van der Waals surface area contributed by atoms with E-state index in [0.717, 1.165) is 29.7 Å². The molecular weight excluding hydrogens is 486 g/mol. The van der Waals surface area contributed by atoms with Gasteiger partial charge >= 0.3 is 6.09 Å². The maximum atomic E-state index is 13.2. The third-order valence-corrected chi connectivity index (χ3v) is 6.84. The minimum atomic E-state index is -1.000. The second-order valence-corrected chi connectivity index (χ2v) is 11.0. The van der Waals surface area contributed by atoms with E-state index in [2.05, 4.69) is 10.6 Å². The first-order valence-electron chi connectivity index (χ1n) is 13.2. The normalized spacial score (nSPS) is 18.1. The third-order valence-electron chi connectivity index (χ3n) is 6.84. The number of carbonyl (C=O) groups is 2. The average molecular weight is 526 g/mol. The van der Waals surface area contributed by atoms with Crippen LogP contribution in [0.2, 0.25) is 0 Å². The zero-order valence-corrected chi connectivity index (χ0v) is 22.7. The number of hydrogen-bond donors (Lipinski definition) is 3. The van der Waals surface area contributed by atoms with Crippen molar-refractivity contribution in [1.82, 2.24) is 10.2 Å². The van der Waals surface area contributed by atoms with Crippen LogP contribution in [0.15, 0.2) is 42.5 Å². The Bertz CT molecular complexity index is 1130. The van der Waals surface area contributed by atoms with Crippen molar-refractivity contribution in [3.63, 3.8) is 0 Å². The van der Waals surface area contributed by atoms with Gasteiger partial charge in [-0.25, -0.2) is 4.79 Å². The number of aliphatic hydroxyl groups excluding tert-OH is 1. The van der Waals surface area contributed by atoms with E-state index in [0.29, 0.717) is 23.8 Å². The van der Waals surface area contributed by atoms with Crippen LogP contribution in [0.25, 0.3) is 0 Å². The zero-order valence-electron chi connectivity index (χ0n) is 22.7. The quantitative estimate of drug-likeness (QED) is 0.423. The molecular formula is C29H39N3O6. The van der Waals surface area contributed by atoms with Gasteiger partial charge in [0.2, 0.25) is 0 Å². The standard InChI is InChI=1S/C29H39N3O6/c1-29(2,3)38-28(35)32-17-21-14-24(37-18-36-4)12-11-19(21)15-25(32)26(33)16-30-27(34)20-7-5-10-23(13-20)31-22-8-6-9-22/h5,7,10-14,22,25-26,31,33H,6,8-9,15-18H2,1-4H3,(H,30,34)/t25-,26+/m0/s1. The fourth-order valence-corrected chi connectivity index (χ4v) is 4.64. The van der Waals surface area contributed by atoms with E-state index in [-0.39, 0.29) is 25.8 Å². The van der Waals surface area contributed by atoms with Crippen LogP contribution in [0.3, 0.4) is 0 Å². The van der Waals surface area contributed by atoms with Gasteiger partial charge in [0, 0.05) is 37.5 Å². The number of nitrogens with zero attached hydrogens (tertiary/aromatic N) is 1. The molecule has 2 aromatic carbocycles. The summed E-state index contributed by atoms with van der Waals surface area (Å²) >= 11 is 0. The smallest absolute Gasteiger partial charge is 0.410 e. The van der Waals surface area contributed by atoms with Crippen LogP contribution < -0.4 is 15.4 Å². The molecule has 4 rings (SSSR count). The highest BCUT2D eigenvalue weighted by molar-refractivity contribution is 5.95. The van der Waals surface area contributed by atoms with Crippen LogP contribution in [0.5, 0.6) is 5.75 Å². The van der Waals surface area contributed by atoms with Crippen molar-refractivity contribution in [1.29, 1.82) is 0 Å². The highest BCUT2D eigenvalue weighted by Crippen LogP contribution is 2.30. The van der Waals surface area contributed by atoms with Crippen molar-refractivity contribution in [2.45, 2.75) is 76.8 Å². The van der Waals surface area contributed by atoms with E-state index in [1.165, 1.54) is 11.3 Å². The molecule has 0 bridgehead atoms. The number of methoxy groups -OCH3 is 1. The van der Waals surface area contributed by atoms with E-state index in [9.17, 15) is 14.7 Å². The lowest BCUT2D eigenvalue weighted by atomic mass is 9.91. The summed E-state index contributed by atoms with van der Waals surface area (Å²) < 4.78 is 16.2. The van der Waals surface area contributed by atoms with E-state index in [1.54, 1.807) is 33.9 Å². The second kappa shape index (κ2) is 12.0. The lowest BCUT2D eigenvalue weighted by Crippen LogP contribution is -2.54. The molecule has 38 heavy (non-hydrogen) atoms. The first-order chi connectivity index (χ1) is 18.1. The molecule has 0 unspecified atom stereocenters. The summed E-state index contributed by atoms with van der Waals surface area (Å²) in [6.07, 6.45) is 2.41. The van der Waals surface area contributed by atoms with Crippen LogP contribution in [-0.2, 0) is 22.4 Å². The molecule has 1 saturated carbocycles. The monoisotopic (exact) mass is 525 g/mol. The van der Waals surface area contributed by atoms with E-state index >= 15 is 0 Å². The molecule has 1 heterocycles. The molecule has 0 aromatic heterocycles. The van der Waals surface area contributed by atoms with Crippen molar-refractivity contribution >= 4 is 17.7 Å². The Kier molecular flexibility index (Phi) is 8.79. The van der Waals surface area contributed by atoms with Gasteiger partial charge in [0.05, 0.1) is 12.1 Å². The van der Waals surface area contributed by atoms with Crippen LogP contribution in [0, 0.1) is 0 Å². The van der Waals surface area contributed by atoms with Gasteiger partial charge in [-0.3, -0.25) is 9.69 Å². The number of anilines is 1. The fraction of sp³-hybridized carbons (Fsp3) is 0.517. The molecule has 2 aromatic rings. The SMILES string of the molecule is COCOc1ccc2c(c1)CN(C(=O)OC(C)(C)C)[C@H]([C@H](O)CNC(=O)c1cccc(NC3CCC3)c1)C2. The van der Waals surface area contributed by atoms with Crippen LogP contribution in [-0.4, -0.2) is 66.2 Å². The Morgan fingerprint density at radius 1 is 1.13 bits per heavy atom. The average Bonchev–Trinajstić information content (AvgIpc) is 2.86. The van der Waals surface area contributed by atoms with Crippen LogP contribution >= 0.6 is 0 Å². The van der Waals surface area contributed by atoms with Crippen LogP contribution in [0.4, 0.5) is 10.5 Å². The van der Waals surface area contributed by atoms with E-state index in [1.807, 2.05) is 36.4 Å². The van der Waals surface area contributed by atoms with Gasteiger partial charge < -0.3 is 30.0 Å². The predicted molar refractivity (Wildman–Crippen MR) is 144 cm³/mol. The highest BCUT2D eigenvalue weighted by Gasteiger charge is 2.37. The molecule has 1 aliphatic heterocycles. The Balaban J connectivity index is 1.45. The van der Waals surface area contributed by atoms with Crippen molar-refractivity contribution in [2.24, 2.45) is 0 Å². The van der Waals surface area contributed by atoms with Crippen molar-refractivity contribution < 1.29 is 28.9 Å². The lowest BCUT2D eigenvalue weighted by molar-refractivity contribution is -0.0114. The van der Waals surface area contributed by atoms with Crippen molar-refractivity contribution in [3.8, 4) is 5.75 Å². The maximum Gasteiger partial charge on any atom is 0.410 e. The number of carbonyl (C=O) groups excluding carboxylic acids is 2. The Labute approximate surface area is 224 Å². The zero-order chi connectivity index (χ0) is 27.3. The maximum absolute atomic E-state index is 13.2. The number of amides is 2. The Morgan fingerprint density at radius 2 is 1.92 bits per heavy atom. The number of ether oxygens (including phenoxy) is 3. The first-order valence-corrected chi connectivity index (χ1v) is 13.2. The summed E-state index contributed by atoms with van der Waals surface area (Å²) in [4.78, 5) is 27.6. The van der Waals surface area contributed by atoms with Crippen LogP contribution in [0.1, 0.15) is 61.5 Å². The molecule has 2 atom stereocenters. The largest absolute Gasteiger partial charge is 0.468 e. The van der Waals surface area contributed by atoms with Gasteiger partial charge in [-0.2, -0.15) is 0 Å². The number of aliphatic hydroxyl groups is 1. The summed E-state index contributed by atoms with van der Waals surface area (Å²) in [5, 5.41) is 17.5. The van der Waals surface area contributed by atoms with Gasteiger partial charge in [0.15, 0.2) is 6.79 Å². The van der Waals surface area contributed by atoms with Gasteiger partial charge in [0.25, 0.3) is 5.91 Å². The number of benzene rings is 2. The van der Waals surface area contributed by atoms with Crippen molar-refractivity contribution in [2.75, 3.05) is 25.8 Å². The van der Waals surface area contributed by atoms with E-state index < -0.39 is 23.8 Å². The minimum Gasteiger partial charge on any atom is -0.468 e. The molecule has 1 aliphatic carbocycles. The summed E-state index contributed by atoms with van der Waals surface area (Å²) in [7, 11) is 1.55. The van der Waals surface area contributed by atoms with E-state index in [4.69, 9.17) is 14.2 Å². The lowest BCUT2D eigenvalue weighted by Gasteiger charge is -2.40. The second-order valence-electron chi connectivity index (χ2n) is 11.0. The molecule has 3 N–H and O–H groups in total.